The maximum atomic E-state index is 12.5. The molecule has 1 aliphatic rings. The van der Waals surface area contributed by atoms with E-state index in [0.717, 1.165) is 11.4 Å². The van der Waals surface area contributed by atoms with E-state index >= 15 is 0 Å². The lowest BCUT2D eigenvalue weighted by atomic mass is 10.1. The largest absolute Gasteiger partial charge is 0.369 e. The van der Waals surface area contributed by atoms with Crippen molar-refractivity contribution >= 4 is 17.7 Å². The topological polar surface area (TPSA) is 102 Å². The summed E-state index contributed by atoms with van der Waals surface area (Å²) < 4.78 is 1.64. The molecule has 1 aromatic heterocycles. The van der Waals surface area contributed by atoms with Gasteiger partial charge in [0.25, 0.3) is 0 Å². The number of carbonyl (C=O) groups excluding carboxylic acids is 3. The molecule has 0 saturated carbocycles. The van der Waals surface area contributed by atoms with E-state index in [1.54, 1.807) is 14.5 Å². The molecule has 126 valence electrons. The van der Waals surface area contributed by atoms with Gasteiger partial charge < -0.3 is 15.5 Å². The SMILES string of the molecule is CC(=O)N1CCN(C(=O)Cn2nc(C)cc2C)C[C@H](C(N)=O)C1. The van der Waals surface area contributed by atoms with Gasteiger partial charge in [0.15, 0.2) is 0 Å². The van der Waals surface area contributed by atoms with Crippen LogP contribution >= 0.6 is 0 Å². The first-order valence-electron chi connectivity index (χ1n) is 7.61. The van der Waals surface area contributed by atoms with Gasteiger partial charge in [-0.05, 0) is 19.9 Å². The van der Waals surface area contributed by atoms with E-state index in [2.05, 4.69) is 5.10 Å². The third kappa shape index (κ3) is 4.08. The van der Waals surface area contributed by atoms with E-state index in [9.17, 15) is 14.4 Å². The number of nitrogens with two attached hydrogens (primary N) is 1. The number of aryl methyl sites for hydroxylation is 2. The summed E-state index contributed by atoms with van der Waals surface area (Å²) in [5.74, 6) is -1.30. The van der Waals surface area contributed by atoms with Crippen molar-refractivity contribution in [3.8, 4) is 0 Å². The van der Waals surface area contributed by atoms with Gasteiger partial charge in [-0.1, -0.05) is 0 Å². The summed E-state index contributed by atoms with van der Waals surface area (Å²) in [5, 5.41) is 4.28. The lowest BCUT2D eigenvalue weighted by Gasteiger charge is -2.22. The molecule has 2 N–H and O–H groups in total. The van der Waals surface area contributed by atoms with Crippen LogP contribution < -0.4 is 5.73 Å². The van der Waals surface area contributed by atoms with Crippen LogP contribution in [0, 0.1) is 19.8 Å². The number of amides is 3. The van der Waals surface area contributed by atoms with Crippen LogP contribution in [0.15, 0.2) is 6.07 Å². The first-order valence-corrected chi connectivity index (χ1v) is 7.61. The maximum Gasteiger partial charge on any atom is 0.244 e. The molecule has 1 atom stereocenters. The zero-order chi connectivity index (χ0) is 17.1. The summed E-state index contributed by atoms with van der Waals surface area (Å²) in [6, 6.07) is 1.90. The normalized spacial score (nSPS) is 18.7. The highest BCUT2D eigenvalue weighted by molar-refractivity contribution is 5.81. The fourth-order valence-corrected chi connectivity index (χ4v) is 2.77. The molecule has 23 heavy (non-hydrogen) atoms. The van der Waals surface area contributed by atoms with Gasteiger partial charge in [-0.25, -0.2) is 0 Å². The number of aromatic nitrogens is 2. The monoisotopic (exact) mass is 321 g/mol. The fourth-order valence-electron chi connectivity index (χ4n) is 2.77. The predicted molar refractivity (Wildman–Crippen MR) is 83.2 cm³/mol. The van der Waals surface area contributed by atoms with Gasteiger partial charge in [-0.3, -0.25) is 19.1 Å². The quantitative estimate of drug-likeness (QED) is 0.794. The average molecular weight is 321 g/mol. The molecule has 0 spiro atoms. The standard InChI is InChI=1S/C15H23N5O3/c1-10-6-11(2)20(17-10)9-14(22)19-5-4-18(12(3)21)7-13(8-19)15(16)23/h6,13H,4-5,7-9H2,1-3H3,(H2,16,23)/t13-/m1/s1. The van der Waals surface area contributed by atoms with Crippen molar-refractivity contribution in [2.75, 3.05) is 26.2 Å². The number of hydrogen-bond donors (Lipinski definition) is 1. The van der Waals surface area contributed by atoms with Crippen molar-refractivity contribution in [3.63, 3.8) is 0 Å². The van der Waals surface area contributed by atoms with Crippen LogP contribution in [0.5, 0.6) is 0 Å². The van der Waals surface area contributed by atoms with Gasteiger partial charge in [0.05, 0.1) is 11.6 Å². The second-order valence-electron chi connectivity index (χ2n) is 5.99. The highest BCUT2D eigenvalue weighted by Gasteiger charge is 2.30. The molecule has 1 aliphatic heterocycles. The van der Waals surface area contributed by atoms with Crippen molar-refractivity contribution in [2.24, 2.45) is 11.7 Å². The van der Waals surface area contributed by atoms with Crippen molar-refractivity contribution < 1.29 is 14.4 Å². The van der Waals surface area contributed by atoms with Crippen LogP contribution in [0.2, 0.25) is 0 Å². The molecule has 3 amide bonds. The predicted octanol–water partition coefficient (Wildman–Crippen LogP) is -0.708. The molecule has 0 radical (unpaired) electrons. The molecule has 8 heteroatoms. The van der Waals surface area contributed by atoms with E-state index in [4.69, 9.17) is 5.73 Å². The minimum atomic E-state index is -0.550. The zero-order valence-electron chi connectivity index (χ0n) is 13.8. The third-order valence-electron chi connectivity index (χ3n) is 4.11. The maximum absolute atomic E-state index is 12.5. The number of hydrogen-bond acceptors (Lipinski definition) is 4. The van der Waals surface area contributed by atoms with Gasteiger partial charge in [-0.15, -0.1) is 0 Å². The molecule has 2 heterocycles. The Morgan fingerprint density at radius 2 is 1.83 bits per heavy atom. The van der Waals surface area contributed by atoms with E-state index in [0.29, 0.717) is 13.1 Å². The Bertz CT molecular complexity index is 625. The summed E-state index contributed by atoms with van der Waals surface area (Å²) in [6.45, 7) is 6.61. The lowest BCUT2D eigenvalue weighted by molar-refractivity contribution is -0.133. The molecule has 1 saturated heterocycles. The molecule has 0 unspecified atom stereocenters. The Morgan fingerprint density at radius 1 is 1.22 bits per heavy atom. The second kappa shape index (κ2) is 6.80. The molecule has 2 rings (SSSR count). The summed E-state index contributed by atoms with van der Waals surface area (Å²) >= 11 is 0. The van der Waals surface area contributed by atoms with Crippen molar-refractivity contribution in [1.82, 2.24) is 19.6 Å². The second-order valence-corrected chi connectivity index (χ2v) is 5.99. The summed E-state index contributed by atoms with van der Waals surface area (Å²) in [4.78, 5) is 38.9. The van der Waals surface area contributed by atoms with Crippen LogP contribution in [-0.4, -0.2) is 63.5 Å². The van der Waals surface area contributed by atoms with Crippen LogP contribution in [0.25, 0.3) is 0 Å². The smallest absolute Gasteiger partial charge is 0.244 e. The van der Waals surface area contributed by atoms with Gasteiger partial charge in [-0.2, -0.15) is 5.10 Å². The van der Waals surface area contributed by atoms with E-state index < -0.39 is 11.8 Å². The first-order chi connectivity index (χ1) is 10.8. The van der Waals surface area contributed by atoms with Crippen LogP contribution in [0.4, 0.5) is 0 Å². The van der Waals surface area contributed by atoms with Crippen molar-refractivity contribution in [1.29, 1.82) is 0 Å². The molecule has 8 nitrogen and oxygen atoms in total. The Kier molecular flexibility index (Phi) is 5.02. The number of carbonyl (C=O) groups is 3. The third-order valence-corrected chi connectivity index (χ3v) is 4.11. The summed E-state index contributed by atoms with van der Waals surface area (Å²) in [5.41, 5.74) is 7.16. The summed E-state index contributed by atoms with van der Waals surface area (Å²) in [6.07, 6.45) is 0. The Hall–Kier alpha value is -2.38. The summed E-state index contributed by atoms with van der Waals surface area (Å²) in [7, 11) is 0. The zero-order valence-corrected chi connectivity index (χ0v) is 13.8. The van der Waals surface area contributed by atoms with E-state index in [1.807, 2.05) is 19.9 Å². The number of nitrogens with zero attached hydrogens (tertiary/aromatic N) is 4. The molecule has 0 bridgehead atoms. The number of primary amides is 1. The van der Waals surface area contributed by atoms with Crippen LogP contribution in [0.1, 0.15) is 18.3 Å². The molecular formula is C15H23N5O3. The Labute approximate surface area is 135 Å². The highest BCUT2D eigenvalue weighted by Crippen LogP contribution is 2.11. The van der Waals surface area contributed by atoms with Crippen LogP contribution in [0.3, 0.4) is 0 Å². The lowest BCUT2D eigenvalue weighted by Crippen LogP contribution is -2.42. The van der Waals surface area contributed by atoms with Gasteiger partial charge in [0.2, 0.25) is 17.7 Å². The highest BCUT2D eigenvalue weighted by atomic mass is 16.2. The molecule has 0 aromatic carbocycles. The van der Waals surface area contributed by atoms with Crippen molar-refractivity contribution in [3.05, 3.63) is 17.5 Å². The van der Waals surface area contributed by atoms with Gasteiger partial charge >= 0.3 is 0 Å². The molecule has 1 aromatic rings. The molecule has 1 fully saturated rings. The minimum absolute atomic E-state index is 0.116. The minimum Gasteiger partial charge on any atom is -0.369 e. The average Bonchev–Trinajstić information content (AvgIpc) is 2.66. The van der Waals surface area contributed by atoms with Crippen molar-refractivity contribution in [2.45, 2.75) is 27.3 Å². The van der Waals surface area contributed by atoms with Gasteiger partial charge in [0.1, 0.15) is 6.54 Å². The number of rotatable bonds is 3. The molecule has 0 aliphatic carbocycles. The van der Waals surface area contributed by atoms with E-state index in [1.165, 1.54) is 6.92 Å². The molecular weight excluding hydrogens is 298 g/mol. The van der Waals surface area contributed by atoms with Gasteiger partial charge in [0, 0.05) is 38.8 Å². The fraction of sp³-hybridized carbons (Fsp3) is 0.600. The Morgan fingerprint density at radius 3 is 2.35 bits per heavy atom. The first kappa shape index (κ1) is 17.0. The van der Waals surface area contributed by atoms with E-state index in [-0.39, 0.29) is 31.4 Å². The van der Waals surface area contributed by atoms with Crippen LogP contribution in [-0.2, 0) is 20.9 Å². The Balaban J connectivity index is 2.11.